The van der Waals surface area contributed by atoms with Crippen LogP contribution in [0.5, 0.6) is 0 Å². The molecule has 1 radical (unpaired) electrons. The number of nitrogens with two attached hydrogens (primary N) is 1. The highest BCUT2D eigenvalue weighted by Crippen LogP contribution is 1.70. The summed E-state index contributed by atoms with van der Waals surface area (Å²) in [5.74, 6) is 0. The van der Waals surface area contributed by atoms with Gasteiger partial charge in [-0.2, -0.15) is 8.42 Å². The molecule has 0 aliphatic heterocycles. The van der Waals surface area contributed by atoms with E-state index in [4.69, 9.17) is 0 Å². The Balaban J connectivity index is 3.42. The highest BCUT2D eigenvalue weighted by Gasteiger charge is 1.95. The Morgan fingerprint density at radius 2 is 2.12 bits per heavy atom. The molecule has 0 aromatic carbocycles. The lowest BCUT2D eigenvalue weighted by Gasteiger charge is -1.95. The van der Waals surface area contributed by atoms with E-state index in [0.29, 0.717) is 13.0 Å². The van der Waals surface area contributed by atoms with Crippen molar-refractivity contribution in [3.63, 3.8) is 0 Å². The SMILES string of the molecule is [CH2]CCNS(N)(=O)=O. The predicted molar refractivity (Wildman–Crippen MR) is 31.1 cm³/mol. The van der Waals surface area contributed by atoms with Crippen LogP contribution in [0, 0.1) is 6.92 Å². The Morgan fingerprint density at radius 1 is 1.62 bits per heavy atom. The molecule has 5 heteroatoms. The zero-order chi connectivity index (χ0) is 6.62. The highest BCUT2D eigenvalue weighted by molar-refractivity contribution is 7.87. The van der Waals surface area contributed by atoms with Gasteiger partial charge in [0, 0.05) is 6.54 Å². The van der Waals surface area contributed by atoms with Gasteiger partial charge in [0.25, 0.3) is 10.2 Å². The van der Waals surface area contributed by atoms with Crippen LogP contribution in [0.2, 0.25) is 0 Å². The molecule has 0 saturated carbocycles. The molecule has 0 unspecified atom stereocenters. The summed E-state index contributed by atoms with van der Waals surface area (Å²) in [5.41, 5.74) is 0. The summed E-state index contributed by atoms with van der Waals surface area (Å²) in [6, 6.07) is 0. The van der Waals surface area contributed by atoms with Crippen LogP contribution in [0.1, 0.15) is 6.42 Å². The van der Waals surface area contributed by atoms with Crippen molar-refractivity contribution in [2.75, 3.05) is 6.54 Å². The van der Waals surface area contributed by atoms with Crippen molar-refractivity contribution in [3.05, 3.63) is 6.92 Å². The third-order valence-corrected chi connectivity index (χ3v) is 1.09. The first-order chi connectivity index (χ1) is 3.56. The smallest absolute Gasteiger partial charge is 0.216 e. The van der Waals surface area contributed by atoms with Gasteiger partial charge in [0.1, 0.15) is 0 Å². The maximum Gasteiger partial charge on any atom is 0.274 e. The second-order valence-corrected chi connectivity index (χ2v) is 2.67. The number of hydrogen-bond acceptors (Lipinski definition) is 2. The summed E-state index contributed by atoms with van der Waals surface area (Å²) >= 11 is 0. The molecule has 4 nitrogen and oxygen atoms in total. The average Bonchev–Trinajstić information content (AvgIpc) is 1.59. The maximum absolute atomic E-state index is 10.0. The van der Waals surface area contributed by atoms with Crippen molar-refractivity contribution in [2.45, 2.75) is 6.42 Å². The van der Waals surface area contributed by atoms with Gasteiger partial charge in [-0.25, -0.2) is 9.86 Å². The van der Waals surface area contributed by atoms with E-state index in [9.17, 15) is 8.42 Å². The molecule has 0 heterocycles. The number of hydrogen-bond donors (Lipinski definition) is 2. The summed E-state index contributed by atoms with van der Waals surface area (Å²) in [7, 11) is -3.48. The maximum atomic E-state index is 10.0. The molecule has 0 aliphatic rings. The first kappa shape index (κ1) is 7.87. The monoisotopic (exact) mass is 137 g/mol. The quantitative estimate of drug-likeness (QED) is 0.524. The van der Waals surface area contributed by atoms with E-state index in [-0.39, 0.29) is 0 Å². The van der Waals surface area contributed by atoms with Crippen molar-refractivity contribution in [1.29, 1.82) is 0 Å². The van der Waals surface area contributed by atoms with Crippen LogP contribution in [0.3, 0.4) is 0 Å². The molecule has 0 atom stereocenters. The van der Waals surface area contributed by atoms with Gasteiger partial charge < -0.3 is 0 Å². The van der Waals surface area contributed by atoms with E-state index in [1.165, 1.54) is 0 Å². The Hall–Kier alpha value is -0.130. The lowest BCUT2D eigenvalue weighted by atomic mass is 10.5. The highest BCUT2D eigenvalue weighted by atomic mass is 32.2. The van der Waals surface area contributed by atoms with E-state index in [0.717, 1.165) is 0 Å². The molecule has 0 amide bonds. The topological polar surface area (TPSA) is 72.2 Å². The second-order valence-electron chi connectivity index (χ2n) is 1.29. The summed E-state index contributed by atoms with van der Waals surface area (Å²) in [6.45, 7) is 3.71. The fraction of sp³-hybridized carbons (Fsp3) is 0.667. The number of rotatable bonds is 3. The minimum absolute atomic E-state index is 0.304. The lowest BCUT2D eigenvalue weighted by molar-refractivity contribution is 0.584. The first-order valence-corrected chi connectivity index (χ1v) is 3.67. The fourth-order valence-corrected chi connectivity index (χ4v) is 0.643. The molecule has 0 bridgehead atoms. The molecule has 0 saturated heterocycles. The molecule has 0 aromatic rings. The summed E-state index contributed by atoms with van der Waals surface area (Å²) < 4.78 is 22.1. The van der Waals surface area contributed by atoms with Gasteiger partial charge in [-0.15, -0.1) is 0 Å². The van der Waals surface area contributed by atoms with Crippen LogP contribution in [-0.4, -0.2) is 15.0 Å². The van der Waals surface area contributed by atoms with Crippen LogP contribution in [0.15, 0.2) is 0 Å². The minimum Gasteiger partial charge on any atom is -0.216 e. The molecular formula is C3H9N2O2S. The molecule has 3 N–H and O–H groups in total. The molecule has 0 aliphatic carbocycles. The van der Waals surface area contributed by atoms with Gasteiger partial charge in [0.15, 0.2) is 0 Å². The molecule has 49 valence electrons. The predicted octanol–water partition coefficient (Wildman–Crippen LogP) is -0.996. The number of nitrogens with one attached hydrogen (secondary N) is 1. The fourth-order valence-electron chi connectivity index (χ4n) is 0.214. The zero-order valence-corrected chi connectivity index (χ0v) is 5.24. The standard InChI is InChI=1S/C3H9N2O2S/c1-2-3-5-8(4,6)7/h5H,1-3H2,(H2,4,6,7). The first-order valence-electron chi connectivity index (χ1n) is 2.13. The molecule has 0 spiro atoms. The molecular weight excluding hydrogens is 128 g/mol. The normalized spacial score (nSPS) is 11.8. The van der Waals surface area contributed by atoms with Crippen LogP contribution >= 0.6 is 0 Å². The van der Waals surface area contributed by atoms with E-state index in [2.05, 4.69) is 16.8 Å². The van der Waals surface area contributed by atoms with E-state index in [1.54, 1.807) is 0 Å². The lowest BCUT2D eigenvalue weighted by Crippen LogP contribution is -2.31. The van der Waals surface area contributed by atoms with Gasteiger partial charge in [0.2, 0.25) is 0 Å². The Bertz CT molecular complexity index is 139. The minimum atomic E-state index is -3.48. The van der Waals surface area contributed by atoms with Crippen molar-refractivity contribution in [3.8, 4) is 0 Å². The molecule has 0 fully saturated rings. The zero-order valence-electron chi connectivity index (χ0n) is 4.42. The molecule has 0 aromatic heterocycles. The van der Waals surface area contributed by atoms with Gasteiger partial charge in [-0.1, -0.05) is 6.92 Å². The largest absolute Gasteiger partial charge is 0.274 e. The van der Waals surface area contributed by atoms with Crippen LogP contribution < -0.4 is 9.86 Å². The summed E-state index contributed by atoms with van der Waals surface area (Å²) in [6.07, 6.45) is 0.510. The third kappa shape index (κ3) is 5.87. The van der Waals surface area contributed by atoms with Crippen LogP contribution in [0.4, 0.5) is 0 Å². The van der Waals surface area contributed by atoms with Gasteiger partial charge >= 0.3 is 0 Å². The van der Waals surface area contributed by atoms with E-state index < -0.39 is 10.2 Å². The van der Waals surface area contributed by atoms with Crippen molar-refractivity contribution in [1.82, 2.24) is 4.72 Å². The molecule has 8 heavy (non-hydrogen) atoms. The van der Waals surface area contributed by atoms with Gasteiger partial charge in [-0.05, 0) is 6.42 Å². The van der Waals surface area contributed by atoms with Crippen molar-refractivity contribution < 1.29 is 8.42 Å². The van der Waals surface area contributed by atoms with Gasteiger partial charge in [0.05, 0.1) is 0 Å². The van der Waals surface area contributed by atoms with E-state index in [1.807, 2.05) is 0 Å². The van der Waals surface area contributed by atoms with Crippen LogP contribution in [0.25, 0.3) is 0 Å². The molecule has 0 rings (SSSR count). The second kappa shape index (κ2) is 3.01. The van der Waals surface area contributed by atoms with Gasteiger partial charge in [-0.3, -0.25) is 0 Å². The van der Waals surface area contributed by atoms with Crippen molar-refractivity contribution in [2.24, 2.45) is 5.14 Å². The van der Waals surface area contributed by atoms with Crippen molar-refractivity contribution >= 4 is 10.2 Å². The third-order valence-electron chi connectivity index (χ3n) is 0.480. The summed E-state index contributed by atoms with van der Waals surface area (Å²) in [4.78, 5) is 0. The average molecular weight is 137 g/mol. The summed E-state index contributed by atoms with van der Waals surface area (Å²) in [5, 5.41) is 4.55. The Kier molecular flexibility index (Phi) is 2.96. The van der Waals surface area contributed by atoms with Crippen LogP contribution in [-0.2, 0) is 10.2 Å². The van der Waals surface area contributed by atoms with E-state index >= 15 is 0 Å². The Labute approximate surface area is 49.3 Å². The Morgan fingerprint density at radius 3 is 2.25 bits per heavy atom.